The van der Waals surface area contributed by atoms with Crippen molar-refractivity contribution in [1.29, 1.82) is 0 Å². The molecule has 4 rings (SSSR count). The van der Waals surface area contributed by atoms with Crippen LogP contribution < -0.4 is 4.74 Å². The second kappa shape index (κ2) is 15.0. The van der Waals surface area contributed by atoms with Crippen molar-refractivity contribution in [2.24, 2.45) is 5.92 Å². The molecule has 43 heavy (non-hydrogen) atoms. The number of ether oxygens (including phenoxy) is 2. The second-order valence-electron chi connectivity index (χ2n) is 12.6. The third kappa shape index (κ3) is 8.38. The number of methoxy groups -OCH3 is 1. The van der Waals surface area contributed by atoms with Crippen LogP contribution in [-0.2, 0) is 26.0 Å². The zero-order valence-corrected chi connectivity index (χ0v) is 27.6. The Kier molecular flexibility index (Phi) is 11.7. The number of likely N-dealkylation sites (tertiary alicyclic amines) is 1. The summed E-state index contributed by atoms with van der Waals surface area (Å²) in [5.74, 6) is 1.06. The number of rotatable bonds is 14. The number of sulfonamides is 1. The first-order chi connectivity index (χ1) is 20.6. The minimum atomic E-state index is -3.70. The molecule has 1 saturated carbocycles. The molecule has 1 aliphatic carbocycles. The molecule has 238 valence electrons. The van der Waals surface area contributed by atoms with Crippen molar-refractivity contribution >= 4 is 15.9 Å². The number of carbonyl (C=O) groups is 1. The van der Waals surface area contributed by atoms with Crippen LogP contribution in [0.3, 0.4) is 0 Å². The average molecular weight is 614 g/mol. The Balaban J connectivity index is 1.22. The number of amides is 1. The molecule has 0 spiro atoms. The van der Waals surface area contributed by atoms with Crippen LogP contribution in [0.25, 0.3) is 0 Å². The van der Waals surface area contributed by atoms with Gasteiger partial charge in [0, 0.05) is 32.7 Å². The summed E-state index contributed by atoms with van der Waals surface area (Å²) >= 11 is 0. The van der Waals surface area contributed by atoms with Gasteiger partial charge in [0.05, 0.1) is 18.6 Å². The molecule has 2 aromatic rings. The fourth-order valence-corrected chi connectivity index (χ4v) is 8.56. The van der Waals surface area contributed by atoms with Crippen LogP contribution in [-0.4, -0.2) is 94.6 Å². The molecular weight excluding hydrogens is 562 g/mol. The molecule has 1 amide bonds. The van der Waals surface area contributed by atoms with Gasteiger partial charge in [0.25, 0.3) is 0 Å². The second-order valence-corrected chi connectivity index (χ2v) is 14.6. The van der Waals surface area contributed by atoms with E-state index in [2.05, 4.69) is 35.2 Å². The zero-order valence-electron chi connectivity index (χ0n) is 26.8. The third-order valence-corrected chi connectivity index (χ3v) is 11.8. The highest BCUT2D eigenvalue weighted by atomic mass is 32.2. The van der Waals surface area contributed by atoms with Gasteiger partial charge in [-0.3, -0.25) is 9.69 Å². The summed E-state index contributed by atoms with van der Waals surface area (Å²) in [4.78, 5) is 17.7. The van der Waals surface area contributed by atoms with E-state index in [-0.39, 0.29) is 36.1 Å². The van der Waals surface area contributed by atoms with Crippen molar-refractivity contribution in [2.45, 2.75) is 75.6 Å². The number of benzene rings is 2. The van der Waals surface area contributed by atoms with E-state index in [4.69, 9.17) is 9.47 Å². The van der Waals surface area contributed by atoms with E-state index in [0.717, 1.165) is 25.8 Å². The van der Waals surface area contributed by atoms with E-state index in [0.29, 0.717) is 22.8 Å². The van der Waals surface area contributed by atoms with E-state index in [9.17, 15) is 13.2 Å². The van der Waals surface area contributed by atoms with E-state index in [1.165, 1.54) is 55.1 Å². The molecule has 0 unspecified atom stereocenters. The van der Waals surface area contributed by atoms with Crippen molar-refractivity contribution in [3.8, 4) is 5.75 Å². The summed E-state index contributed by atoms with van der Waals surface area (Å²) in [5.41, 5.74) is 2.98. The van der Waals surface area contributed by atoms with E-state index >= 15 is 0 Å². The van der Waals surface area contributed by atoms with Crippen LogP contribution in [0.5, 0.6) is 5.75 Å². The van der Waals surface area contributed by atoms with E-state index in [1.807, 2.05) is 7.05 Å². The van der Waals surface area contributed by atoms with Gasteiger partial charge in [-0.05, 0) is 113 Å². The van der Waals surface area contributed by atoms with Gasteiger partial charge < -0.3 is 14.4 Å². The highest BCUT2D eigenvalue weighted by Crippen LogP contribution is 2.41. The van der Waals surface area contributed by atoms with Crippen molar-refractivity contribution in [3.63, 3.8) is 0 Å². The topological polar surface area (TPSA) is 79.4 Å². The van der Waals surface area contributed by atoms with Gasteiger partial charge >= 0.3 is 0 Å². The predicted octanol–water partition coefficient (Wildman–Crippen LogP) is 5.07. The molecule has 2 aliphatic rings. The zero-order chi connectivity index (χ0) is 31.0. The molecule has 2 aromatic carbocycles. The average Bonchev–Trinajstić information content (AvgIpc) is 3.55. The van der Waals surface area contributed by atoms with Crippen molar-refractivity contribution < 1.29 is 22.7 Å². The van der Waals surface area contributed by atoms with Crippen LogP contribution in [0.15, 0.2) is 47.4 Å². The number of nitrogens with zero attached hydrogens (tertiary/aromatic N) is 3. The maximum Gasteiger partial charge on any atom is 0.248 e. The molecule has 0 atom stereocenters. The van der Waals surface area contributed by atoms with Crippen LogP contribution in [0.1, 0.15) is 61.6 Å². The normalized spacial score (nSPS) is 21.3. The maximum atomic E-state index is 13.2. The number of carbonyl (C=O) groups excluding carboxylic acids is 1. The fourth-order valence-electron chi connectivity index (χ4n) is 7.00. The molecule has 0 bridgehead atoms. The van der Waals surface area contributed by atoms with Gasteiger partial charge in [-0.15, -0.1) is 0 Å². The first-order valence-electron chi connectivity index (χ1n) is 15.8. The number of aryl methyl sites for hydroxylation is 3. The number of hydrogen-bond acceptors (Lipinski definition) is 6. The van der Waals surface area contributed by atoms with E-state index < -0.39 is 10.0 Å². The summed E-state index contributed by atoms with van der Waals surface area (Å²) in [7, 11) is 1.26. The van der Waals surface area contributed by atoms with Crippen LogP contribution in [0.2, 0.25) is 0 Å². The molecule has 1 heterocycles. The Morgan fingerprint density at radius 2 is 1.65 bits per heavy atom. The Morgan fingerprint density at radius 3 is 2.26 bits per heavy atom. The monoisotopic (exact) mass is 613 g/mol. The van der Waals surface area contributed by atoms with Gasteiger partial charge in [-0.2, -0.15) is 4.31 Å². The molecule has 1 aliphatic heterocycles. The number of likely N-dealkylation sites (N-methyl/N-ethyl adjacent to an activating group) is 2. The molecule has 9 heteroatoms. The molecule has 0 radical (unpaired) electrons. The van der Waals surface area contributed by atoms with Crippen molar-refractivity contribution in [3.05, 3.63) is 59.2 Å². The lowest BCUT2D eigenvalue weighted by Gasteiger charge is -2.47. The van der Waals surface area contributed by atoms with Gasteiger partial charge in [-0.1, -0.05) is 30.3 Å². The SMILES string of the molecule is COc1cc(C)c(S(=O)(=O)N(C)CCOCC(=O)N(C)CC2CCC(CCc3ccccc3)(N3CCCC3)CC2)c(C)c1. The minimum Gasteiger partial charge on any atom is -0.497 e. The molecular formula is C34H51N3O5S. The van der Waals surface area contributed by atoms with Gasteiger partial charge in [0.2, 0.25) is 15.9 Å². The molecule has 8 nitrogen and oxygen atoms in total. The Bertz CT molecular complexity index is 1280. The smallest absolute Gasteiger partial charge is 0.248 e. The lowest BCUT2D eigenvalue weighted by molar-refractivity contribution is -0.135. The summed E-state index contributed by atoms with van der Waals surface area (Å²) in [6, 6.07) is 14.3. The Labute approximate surface area is 259 Å². The highest BCUT2D eigenvalue weighted by molar-refractivity contribution is 7.89. The first kappa shape index (κ1) is 33.4. The molecule has 0 aromatic heterocycles. The standard InChI is InChI=1S/C34H51N3O5S/c1-27-23-31(41-5)24-28(2)33(27)43(39,40)36(4)21-22-42-26-32(38)35(3)25-30-14-17-34(18-15-30,37-19-9-10-20-37)16-13-29-11-7-6-8-12-29/h6-8,11-12,23-24,30H,9-10,13-22,25-26H2,1-5H3. The first-order valence-corrected chi connectivity index (χ1v) is 17.2. The third-order valence-electron chi connectivity index (χ3n) is 9.61. The largest absolute Gasteiger partial charge is 0.497 e. The Hall–Kier alpha value is -2.46. The lowest BCUT2D eigenvalue weighted by atomic mass is 9.72. The minimum absolute atomic E-state index is 0.0491. The van der Waals surface area contributed by atoms with Crippen molar-refractivity contribution in [2.75, 3.05) is 60.6 Å². The van der Waals surface area contributed by atoms with Crippen LogP contribution >= 0.6 is 0 Å². The Morgan fingerprint density at radius 1 is 1.02 bits per heavy atom. The highest BCUT2D eigenvalue weighted by Gasteiger charge is 2.41. The van der Waals surface area contributed by atoms with E-state index in [1.54, 1.807) is 45.0 Å². The quantitative estimate of drug-likeness (QED) is 0.277. The van der Waals surface area contributed by atoms with Crippen LogP contribution in [0, 0.1) is 19.8 Å². The maximum absolute atomic E-state index is 13.2. The fraction of sp³-hybridized carbons (Fsp3) is 0.618. The molecule has 2 fully saturated rings. The van der Waals surface area contributed by atoms with Gasteiger partial charge in [-0.25, -0.2) is 8.42 Å². The number of hydrogen-bond donors (Lipinski definition) is 0. The lowest BCUT2D eigenvalue weighted by Crippen LogP contribution is -2.51. The molecule has 1 saturated heterocycles. The summed E-state index contributed by atoms with van der Waals surface area (Å²) in [6.45, 7) is 6.96. The van der Waals surface area contributed by atoms with Gasteiger partial charge in [0.1, 0.15) is 12.4 Å². The predicted molar refractivity (Wildman–Crippen MR) is 171 cm³/mol. The molecule has 0 N–H and O–H groups in total. The van der Waals surface area contributed by atoms with Crippen molar-refractivity contribution in [1.82, 2.24) is 14.1 Å². The van der Waals surface area contributed by atoms with Crippen LogP contribution in [0.4, 0.5) is 0 Å². The summed E-state index contributed by atoms with van der Waals surface area (Å²) < 4.78 is 38.7. The summed E-state index contributed by atoms with van der Waals surface area (Å²) in [5, 5.41) is 0. The van der Waals surface area contributed by atoms with Gasteiger partial charge in [0.15, 0.2) is 0 Å². The summed E-state index contributed by atoms with van der Waals surface area (Å²) in [6.07, 6.45) is 9.58.